The standard InChI is InChI=1S/C20H17N3O/c24-20(23-22-15-18-13-7-8-14-21-18)19(16-9-3-1-4-10-16)17-11-5-2-6-12-17/h1-15,19H,(H,23,24)/b22-15-. The van der Waals surface area contributed by atoms with Crippen LogP contribution in [0.15, 0.2) is 90.2 Å². The summed E-state index contributed by atoms with van der Waals surface area (Å²) in [6.07, 6.45) is 3.21. The molecule has 1 aromatic heterocycles. The molecule has 0 aliphatic carbocycles. The molecule has 0 aliphatic rings. The maximum absolute atomic E-state index is 12.7. The van der Waals surface area contributed by atoms with Gasteiger partial charge >= 0.3 is 0 Å². The molecule has 4 nitrogen and oxygen atoms in total. The third-order valence-corrected chi connectivity index (χ3v) is 3.59. The number of hydrazone groups is 1. The molecule has 0 atom stereocenters. The minimum Gasteiger partial charge on any atom is -0.272 e. The Hall–Kier alpha value is -3.27. The predicted octanol–water partition coefficient (Wildman–Crippen LogP) is 3.36. The minimum absolute atomic E-state index is 0.181. The van der Waals surface area contributed by atoms with Gasteiger partial charge in [-0.25, -0.2) is 5.43 Å². The SMILES string of the molecule is O=C(N/N=C\c1ccccn1)C(c1ccccc1)c1ccccc1. The summed E-state index contributed by atoms with van der Waals surface area (Å²) in [5.74, 6) is -0.590. The van der Waals surface area contributed by atoms with E-state index in [0.29, 0.717) is 5.69 Å². The molecule has 118 valence electrons. The van der Waals surface area contributed by atoms with Gasteiger partial charge in [-0.1, -0.05) is 66.7 Å². The second-order valence-corrected chi connectivity index (χ2v) is 5.24. The summed E-state index contributed by atoms with van der Waals surface area (Å²) in [4.78, 5) is 16.8. The van der Waals surface area contributed by atoms with Crippen LogP contribution in [0, 0.1) is 0 Å². The molecule has 0 fully saturated rings. The molecule has 0 saturated carbocycles. The first kappa shape index (κ1) is 15.6. The van der Waals surface area contributed by atoms with E-state index < -0.39 is 5.92 Å². The van der Waals surface area contributed by atoms with Crippen LogP contribution in [0.4, 0.5) is 0 Å². The van der Waals surface area contributed by atoms with Crippen LogP contribution in [0.3, 0.4) is 0 Å². The van der Waals surface area contributed by atoms with Crippen molar-refractivity contribution >= 4 is 12.1 Å². The Morgan fingerprint density at radius 2 is 1.46 bits per heavy atom. The highest BCUT2D eigenvalue weighted by atomic mass is 16.2. The number of rotatable bonds is 5. The van der Waals surface area contributed by atoms with Crippen molar-refractivity contribution in [2.45, 2.75) is 5.92 Å². The topological polar surface area (TPSA) is 54.4 Å². The molecule has 3 rings (SSSR count). The van der Waals surface area contributed by atoms with Crippen LogP contribution in [0.5, 0.6) is 0 Å². The average molecular weight is 315 g/mol. The van der Waals surface area contributed by atoms with Crippen molar-refractivity contribution in [3.8, 4) is 0 Å². The van der Waals surface area contributed by atoms with Gasteiger partial charge in [-0.2, -0.15) is 5.10 Å². The molecule has 24 heavy (non-hydrogen) atoms. The second kappa shape index (κ2) is 7.83. The van der Waals surface area contributed by atoms with Gasteiger partial charge in [0.25, 0.3) is 5.91 Å². The summed E-state index contributed by atoms with van der Waals surface area (Å²) in [5.41, 5.74) is 5.16. The molecule has 2 aromatic carbocycles. The molecular weight excluding hydrogens is 298 g/mol. The van der Waals surface area contributed by atoms with Gasteiger partial charge < -0.3 is 0 Å². The zero-order valence-electron chi connectivity index (χ0n) is 13.0. The van der Waals surface area contributed by atoms with E-state index >= 15 is 0 Å². The molecule has 1 amide bonds. The van der Waals surface area contributed by atoms with Gasteiger partial charge in [-0.3, -0.25) is 9.78 Å². The maximum atomic E-state index is 12.7. The first-order valence-corrected chi connectivity index (χ1v) is 7.68. The van der Waals surface area contributed by atoms with Crippen molar-refractivity contribution in [3.63, 3.8) is 0 Å². The van der Waals surface area contributed by atoms with Crippen molar-refractivity contribution in [3.05, 3.63) is 102 Å². The Morgan fingerprint density at radius 1 is 0.875 bits per heavy atom. The highest BCUT2D eigenvalue weighted by molar-refractivity contribution is 5.88. The van der Waals surface area contributed by atoms with Crippen LogP contribution >= 0.6 is 0 Å². The lowest BCUT2D eigenvalue weighted by Crippen LogP contribution is -2.26. The highest BCUT2D eigenvalue weighted by Crippen LogP contribution is 2.24. The number of carbonyl (C=O) groups excluding carboxylic acids is 1. The smallest absolute Gasteiger partial charge is 0.252 e. The number of nitrogens with one attached hydrogen (secondary N) is 1. The lowest BCUT2D eigenvalue weighted by Gasteiger charge is -2.16. The Balaban J connectivity index is 1.81. The molecule has 4 heteroatoms. The minimum atomic E-state index is -0.409. The number of benzene rings is 2. The first-order chi connectivity index (χ1) is 11.8. The summed E-state index contributed by atoms with van der Waals surface area (Å²) in [6.45, 7) is 0. The van der Waals surface area contributed by atoms with Crippen molar-refractivity contribution < 1.29 is 4.79 Å². The molecule has 0 spiro atoms. The molecular formula is C20H17N3O. The number of hydrogen-bond donors (Lipinski definition) is 1. The molecule has 0 aliphatic heterocycles. The van der Waals surface area contributed by atoms with Crippen molar-refractivity contribution in [2.24, 2.45) is 5.10 Å². The lowest BCUT2D eigenvalue weighted by molar-refractivity contribution is -0.121. The summed E-state index contributed by atoms with van der Waals surface area (Å²) < 4.78 is 0. The highest BCUT2D eigenvalue weighted by Gasteiger charge is 2.22. The fourth-order valence-corrected chi connectivity index (χ4v) is 2.47. The van der Waals surface area contributed by atoms with Crippen LogP contribution in [0.1, 0.15) is 22.7 Å². The van der Waals surface area contributed by atoms with E-state index in [1.807, 2.05) is 78.9 Å². The van der Waals surface area contributed by atoms with Crippen LogP contribution in [0.25, 0.3) is 0 Å². The van der Waals surface area contributed by atoms with Crippen LogP contribution in [-0.4, -0.2) is 17.1 Å². The van der Waals surface area contributed by atoms with Gasteiger partial charge in [0.15, 0.2) is 0 Å². The molecule has 0 bridgehead atoms. The maximum Gasteiger partial charge on any atom is 0.252 e. The number of carbonyl (C=O) groups is 1. The monoisotopic (exact) mass is 315 g/mol. The third-order valence-electron chi connectivity index (χ3n) is 3.59. The van der Waals surface area contributed by atoms with Crippen molar-refractivity contribution in [1.82, 2.24) is 10.4 Å². The summed E-state index contributed by atoms with van der Waals surface area (Å²) in [5, 5.41) is 4.03. The van der Waals surface area contributed by atoms with E-state index in [1.165, 1.54) is 6.21 Å². The van der Waals surface area contributed by atoms with E-state index in [2.05, 4.69) is 15.5 Å². The zero-order valence-corrected chi connectivity index (χ0v) is 13.0. The van der Waals surface area contributed by atoms with E-state index in [1.54, 1.807) is 6.20 Å². The largest absolute Gasteiger partial charge is 0.272 e. The molecule has 1 heterocycles. The Morgan fingerprint density at radius 3 is 2.00 bits per heavy atom. The molecule has 1 N–H and O–H groups in total. The van der Waals surface area contributed by atoms with Crippen LogP contribution in [-0.2, 0) is 4.79 Å². The lowest BCUT2D eigenvalue weighted by atomic mass is 9.91. The van der Waals surface area contributed by atoms with Gasteiger partial charge in [0.1, 0.15) is 0 Å². The number of nitrogens with zero attached hydrogens (tertiary/aromatic N) is 2. The number of aromatic nitrogens is 1. The van der Waals surface area contributed by atoms with E-state index in [9.17, 15) is 4.79 Å². The first-order valence-electron chi connectivity index (χ1n) is 7.68. The van der Waals surface area contributed by atoms with E-state index in [0.717, 1.165) is 11.1 Å². The summed E-state index contributed by atoms with van der Waals surface area (Å²) in [7, 11) is 0. The molecule has 0 saturated heterocycles. The average Bonchev–Trinajstić information content (AvgIpc) is 2.65. The molecule has 0 unspecified atom stereocenters. The number of amides is 1. The normalized spacial score (nSPS) is 10.9. The molecule has 3 aromatic rings. The van der Waals surface area contributed by atoms with Gasteiger partial charge in [-0.05, 0) is 23.3 Å². The van der Waals surface area contributed by atoms with Gasteiger partial charge in [0.2, 0.25) is 0 Å². The van der Waals surface area contributed by atoms with E-state index in [4.69, 9.17) is 0 Å². The van der Waals surface area contributed by atoms with Crippen LogP contribution in [0.2, 0.25) is 0 Å². The number of hydrogen-bond acceptors (Lipinski definition) is 3. The van der Waals surface area contributed by atoms with Gasteiger partial charge in [0, 0.05) is 6.20 Å². The number of pyridine rings is 1. The zero-order chi connectivity index (χ0) is 16.6. The Kier molecular flexibility index (Phi) is 5.10. The van der Waals surface area contributed by atoms with Gasteiger partial charge in [0.05, 0.1) is 17.8 Å². The fourth-order valence-electron chi connectivity index (χ4n) is 2.47. The van der Waals surface area contributed by atoms with Crippen molar-refractivity contribution in [1.29, 1.82) is 0 Å². The quantitative estimate of drug-likeness (QED) is 0.580. The van der Waals surface area contributed by atoms with Crippen LogP contribution < -0.4 is 5.43 Å². The fraction of sp³-hybridized carbons (Fsp3) is 0.0500. The van der Waals surface area contributed by atoms with E-state index in [-0.39, 0.29) is 5.91 Å². The summed E-state index contributed by atoms with van der Waals surface area (Å²) in [6, 6.07) is 24.9. The Labute approximate surface area is 140 Å². The predicted molar refractivity (Wildman–Crippen MR) is 94.7 cm³/mol. The molecule has 0 radical (unpaired) electrons. The van der Waals surface area contributed by atoms with Crippen molar-refractivity contribution in [2.75, 3.05) is 0 Å². The van der Waals surface area contributed by atoms with Gasteiger partial charge in [-0.15, -0.1) is 0 Å². The second-order valence-electron chi connectivity index (χ2n) is 5.24. The Bertz CT molecular complexity index is 763. The third kappa shape index (κ3) is 3.93. The summed E-state index contributed by atoms with van der Waals surface area (Å²) >= 11 is 0.